The molecule has 0 unspecified atom stereocenters. The number of morpholine rings is 1. The third-order valence-corrected chi connectivity index (χ3v) is 5.03. The van der Waals surface area contributed by atoms with Crippen LogP contribution in [0.1, 0.15) is 21.5 Å². The molecule has 1 aliphatic rings. The fourth-order valence-electron chi connectivity index (χ4n) is 3.35. The number of ether oxygens (including phenoxy) is 1. The second kappa shape index (κ2) is 7.56. The summed E-state index contributed by atoms with van der Waals surface area (Å²) in [6, 6.07) is 12.2. The first-order valence-corrected chi connectivity index (χ1v) is 9.33. The van der Waals surface area contributed by atoms with E-state index in [4.69, 9.17) is 9.72 Å². The molecule has 0 atom stereocenters. The molecule has 144 valence electrons. The number of nitrogens with zero attached hydrogens (tertiary/aromatic N) is 2. The Morgan fingerprint density at radius 3 is 2.61 bits per heavy atom. The van der Waals surface area contributed by atoms with Crippen LogP contribution in [0.4, 0.5) is 15.9 Å². The number of amides is 1. The van der Waals surface area contributed by atoms with Crippen molar-refractivity contribution in [3.8, 4) is 0 Å². The van der Waals surface area contributed by atoms with Crippen molar-refractivity contribution in [2.24, 2.45) is 0 Å². The highest BCUT2D eigenvalue weighted by Gasteiger charge is 2.15. The molecule has 3 aromatic rings. The van der Waals surface area contributed by atoms with Crippen molar-refractivity contribution in [1.82, 2.24) is 4.98 Å². The van der Waals surface area contributed by atoms with Crippen LogP contribution in [0, 0.1) is 19.7 Å². The van der Waals surface area contributed by atoms with Gasteiger partial charge in [-0.25, -0.2) is 9.37 Å². The summed E-state index contributed by atoms with van der Waals surface area (Å²) in [5, 5.41) is 3.82. The Morgan fingerprint density at radius 1 is 1.07 bits per heavy atom. The number of pyridine rings is 1. The van der Waals surface area contributed by atoms with Crippen molar-refractivity contribution in [3.05, 3.63) is 65.0 Å². The van der Waals surface area contributed by atoms with Crippen molar-refractivity contribution in [2.75, 3.05) is 36.5 Å². The van der Waals surface area contributed by atoms with E-state index in [1.54, 1.807) is 19.1 Å². The molecule has 2 aromatic carbocycles. The largest absolute Gasteiger partial charge is 0.378 e. The number of rotatable bonds is 3. The molecule has 0 aliphatic carbocycles. The molecule has 0 saturated carbocycles. The van der Waals surface area contributed by atoms with Crippen LogP contribution in [0.2, 0.25) is 0 Å². The molecule has 2 heterocycles. The quantitative estimate of drug-likeness (QED) is 0.745. The number of carbonyl (C=O) groups is 1. The topological polar surface area (TPSA) is 54.5 Å². The number of hydrogen-bond donors (Lipinski definition) is 1. The highest BCUT2D eigenvalue weighted by Crippen LogP contribution is 2.26. The highest BCUT2D eigenvalue weighted by molar-refractivity contribution is 6.05. The normalized spacial score (nSPS) is 14.3. The fourth-order valence-corrected chi connectivity index (χ4v) is 3.35. The molecule has 1 aliphatic heterocycles. The summed E-state index contributed by atoms with van der Waals surface area (Å²) in [7, 11) is 0. The minimum absolute atomic E-state index is 0.292. The molecule has 1 amide bonds. The summed E-state index contributed by atoms with van der Waals surface area (Å²) < 4.78 is 19.1. The SMILES string of the molecule is Cc1ccc(C(=O)Nc2ccc3nc(N4CCOCC4)cc(C)c3c2)cc1F. The van der Waals surface area contributed by atoms with E-state index in [2.05, 4.69) is 16.3 Å². The van der Waals surface area contributed by atoms with E-state index >= 15 is 0 Å². The summed E-state index contributed by atoms with van der Waals surface area (Å²) in [4.78, 5) is 19.4. The van der Waals surface area contributed by atoms with Crippen LogP contribution in [0.25, 0.3) is 10.9 Å². The molecule has 0 radical (unpaired) electrons. The van der Waals surface area contributed by atoms with Crippen molar-refractivity contribution >= 4 is 28.3 Å². The van der Waals surface area contributed by atoms with E-state index in [9.17, 15) is 9.18 Å². The zero-order valence-electron chi connectivity index (χ0n) is 16.0. The average molecular weight is 379 g/mol. The van der Waals surface area contributed by atoms with E-state index in [0.717, 1.165) is 35.4 Å². The number of carbonyl (C=O) groups excluding carboxylic acids is 1. The first-order chi connectivity index (χ1) is 13.5. The van der Waals surface area contributed by atoms with Crippen molar-refractivity contribution in [3.63, 3.8) is 0 Å². The lowest BCUT2D eigenvalue weighted by Crippen LogP contribution is -2.36. The van der Waals surface area contributed by atoms with Crippen molar-refractivity contribution in [1.29, 1.82) is 0 Å². The van der Waals surface area contributed by atoms with E-state index in [0.29, 0.717) is 30.0 Å². The Kier molecular flexibility index (Phi) is 4.96. The van der Waals surface area contributed by atoms with Gasteiger partial charge in [0.1, 0.15) is 11.6 Å². The van der Waals surface area contributed by atoms with E-state index < -0.39 is 0 Å². The third-order valence-electron chi connectivity index (χ3n) is 5.03. The standard InChI is InChI=1S/C22H22FN3O2/c1-14-3-4-16(12-19(14)23)22(27)24-17-5-6-20-18(13-17)15(2)11-21(25-20)26-7-9-28-10-8-26/h3-6,11-13H,7-10H2,1-2H3,(H,24,27). The molecule has 1 saturated heterocycles. The Morgan fingerprint density at radius 2 is 1.86 bits per heavy atom. The Balaban J connectivity index is 1.59. The van der Waals surface area contributed by atoms with Gasteiger partial charge in [-0.2, -0.15) is 0 Å². The summed E-state index contributed by atoms with van der Waals surface area (Å²) >= 11 is 0. The summed E-state index contributed by atoms with van der Waals surface area (Å²) in [6.07, 6.45) is 0. The van der Waals surface area contributed by atoms with Gasteiger partial charge in [0, 0.05) is 29.7 Å². The van der Waals surface area contributed by atoms with E-state index in [1.807, 2.05) is 25.1 Å². The minimum atomic E-state index is -0.387. The molecule has 0 spiro atoms. The predicted molar refractivity (Wildman–Crippen MR) is 109 cm³/mol. The molecule has 4 rings (SSSR count). The summed E-state index contributed by atoms with van der Waals surface area (Å²) in [5.41, 5.74) is 3.42. The second-order valence-electron chi connectivity index (χ2n) is 7.05. The molecular weight excluding hydrogens is 357 g/mol. The van der Waals surface area contributed by atoms with Crippen molar-refractivity contribution in [2.45, 2.75) is 13.8 Å². The van der Waals surface area contributed by atoms with Crippen LogP contribution in [-0.2, 0) is 4.74 Å². The number of hydrogen-bond acceptors (Lipinski definition) is 4. The van der Waals surface area contributed by atoms with Gasteiger partial charge in [0.25, 0.3) is 5.91 Å². The number of anilines is 2. The number of aromatic nitrogens is 1. The van der Waals surface area contributed by atoms with Gasteiger partial charge in [0.15, 0.2) is 0 Å². The summed E-state index contributed by atoms with van der Waals surface area (Å²) in [5.74, 6) is 0.218. The zero-order valence-corrected chi connectivity index (χ0v) is 16.0. The van der Waals surface area contributed by atoms with E-state index in [-0.39, 0.29) is 11.7 Å². The van der Waals surface area contributed by atoms with Crippen molar-refractivity contribution < 1.29 is 13.9 Å². The maximum atomic E-state index is 13.7. The van der Waals surface area contributed by atoms with Gasteiger partial charge in [0.2, 0.25) is 0 Å². The molecule has 28 heavy (non-hydrogen) atoms. The number of benzene rings is 2. The Labute approximate surface area is 163 Å². The van der Waals surface area contributed by atoms with Crippen LogP contribution >= 0.6 is 0 Å². The molecule has 1 fully saturated rings. The van der Waals surface area contributed by atoms with E-state index in [1.165, 1.54) is 6.07 Å². The average Bonchev–Trinajstić information content (AvgIpc) is 2.71. The molecule has 1 N–H and O–H groups in total. The molecule has 0 bridgehead atoms. The van der Waals surface area contributed by atoms with Crippen LogP contribution in [0.3, 0.4) is 0 Å². The van der Waals surface area contributed by atoms with Gasteiger partial charge in [-0.15, -0.1) is 0 Å². The maximum Gasteiger partial charge on any atom is 0.255 e. The predicted octanol–water partition coefficient (Wildman–Crippen LogP) is 4.08. The van der Waals surface area contributed by atoms with Gasteiger partial charge in [-0.1, -0.05) is 6.07 Å². The third kappa shape index (κ3) is 3.68. The number of fused-ring (bicyclic) bond motifs is 1. The molecule has 6 heteroatoms. The van der Waals surface area contributed by atoms with Gasteiger partial charge in [-0.3, -0.25) is 4.79 Å². The zero-order chi connectivity index (χ0) is 19.7. The lowest BCUT2D eigenvalue weighted by atomic mass is 10.1. The number of halogens is 1. The molecular formula is C22H22FN3O2. The first-order valence-electron chi connectivity index (χ1n) is 9.33. The lowest BCUT2D eigenvalue weighted by molar-refractivity contribution is 0.102. The molecule has 1 aromatic heterocycles. The van der Waals surface area contributed by atoms with Gasteiger partial charge in [-0.05, 0) is 61.4 Å². The minimum Gasteiger partial charge on any atom is -0.378 e. The summed E-state index contributed by atoms with van der Waals surface area (Å²) in [6.45, 7) is 6.79. The van der Waals surface area contributed by atoms with Crippen LogP contribution in [0.15, 0.2) is 42.5 Å². The van der Waals surface area contributed by atoms with Crippen LogP contribution in [-0.4, -0.2) is 37.2 Å². The van der Waals surface area contributed by atoms with Gasteiger partial charge < -0.3 is 15.0 Å². The fraction of sp³-hybridized carbons (Fsp3) is 0.273. The molecule has 5 nitrogen and oxygen atoms in total. The smallest absolute Gasteiger partial charge is 0.255 e. The highest BCUT2D eigenvalue weighted by atomic mass is 19.1. The number of nitrogens with one attached hydrogen (secondary N) is 1. The van der Waals surface area contributed by atoms with Gasteiger partial charge in [0.05, 0.1) is 18.7 Å². The maximum absolute atomic E-state index is 13.7. The monoisotopic (exact) mass is 379 g/mol. The number of aryl methyl sites for hydroxylation is 2. The Bertz CT molecular complexity index is 1050. The van der Waals surface area contributed by atoms with Gasteiger partial charge >= 0.3 is 0 Å². The van der Waals surface area contributed by atoms with Crippen LogP contribution in [0.5, 0.6) is 0 Å². The lowest BCUT2D eigenvalue weighted by Gasteiger charge is -2.28. The van der Waals surface area contributed by atoms with Crippen LogP contribution < -0.4 is 10.2 Å². The first kappa shape index (κ1) is 18.4. The Hall–Kier alpha value is -2.99. The second-order valence-corrected chi connectivity index (χ2v) is 7.05.